The molecule has 0 heterocycles. The Kier molecular flexibility index (Phi) is 10.3. The minimum atomic E-state index is -2.49. The summed E-state index contributed by atoms with van der Waals surface area (Å²) in [6, 6.07) is 4.94. The lowest BCUT2D eigenvalue weighted by atomic mass is 10.1. The first-order chi connectivity index (χ1) is 14.6. The van der Waals surface area contributed by atoms with Gasteiger partial charge in [0.15, 0.2) is 5.71 Å². The van der Waals surface area contributed by atoms with Gasteiger partial charge in [-0.2, -0.15) is 0 Å². The fraction of sp³-hybridized carbons (Fsp3) is 0.200. The summed E-state index contributed by atoms with van der Waals surface area (Å²) in [6.45, 7) is 0. The van der Waals surface area contributed by atoms with Crippen LogP contribution in [-0.2, 0) is 24.0 Å². The third-order valence-corrected chi connectivity index (χ3v) is 3.86. The molecule has 0 saturated carbocycles. The van der Waals surface area contributed by atoms with Crippen molar-refractivity contribution in [1.29, 1.82) is 0 Å². The van der Waals surface area contributed by atoms with Gasteiger partial charge < -0.3 is 14.3 Å². The Labute approximate surface area is 209 Å². The lowest BCUT2D eigenvalue weighted by molar-refractivity contribution is -0.130. The second-order valence-corrected chi connectivity index (χ2v) is 9.68. The molecule has 0 aliphatic rings. The summed E-state index contributed by atoms with van der Waals surface area (Å²) < 4.78 is 4.32. The van der Waals surface area contributed by atoms with Gasteiger partial charge in [0, 0.05) is 5.56 Å². The molecule has 2 N–H and O–H groups in total. The molecule has 0 aliphatic heterocycles. The van der Waals surface area contributed by atoms with E-state index in [0.29, 0.717) is 0 Å². The molecule has 32 heavy (non-hydrogen) atoms. The second kappa shape index (κ2) is 11.7. The summed E-state index contributed by atoms with van der Waals surface area (Å²) in [6.07, 6.45) is -2.89. The fourth-order valence-electron chi connectivity index (χ4n) is 1.62. The molecule has 11 nitrogen and oxygen atoms in total. The summed E-state index contributed by atoms with van der Waals surface area (Å²) >= 11 is 31.8. The van der Waals surface area contributed by atoms with E-state index in [1.54, 1.807) is 5.32 Å². The molecular weight excluding hydrogens is 563 g/mol. The van der Waals surface area contributed by atoms with E-state index in [1.807, 2.05) is 0 Å². The molecule has 0 atom stereocenters. The number of esters is 1. The van der Waals surface area contributed by atoms with Crippen LogP contribution in [0.5, 0.6) is 5.75 Å². The van der Waals surface area contributed by atoms with E-state index < -0.39 is 43.3 Å². The Morgan fingerprint density at radius 3 is 1.91 bits per heavy atom. The quantitative estimate of drug-likeness (QED) is 0.184. The largest absolute Gasteiger partial charge is 0.422 e. The maximum atomic E-state index is 12.3. The van der Waals surface area contributed by atoms with E-state index in [-0.39, 0.29) is 11.3 Å². The van der Waals surface area contributed by atoms with Crippen molar-refractivity contribution in [3.8, 4) is 5.75 Å². The maximum absolute atomic E-state index is 12.3. The van der Waals surface area contributed by atoms with Gasteiger partial charge in [-0.1, -0.05) is 86.9 Å². The van der Waals surface area contributed by atoms with Crippen LogP contribution < -0.4 is 15.4 Å². The molecule has 4 amide bonds. The van der Waals surface area contributed by atoms with E-state index in [2.05, 4.69) is 14.7 Å². The van der Waals surface area contributed by atoms with Crippen LogP contribution in [0.2, 0.25) is 0 Å². The second-order valence-electron chi connectivity index (χ2n) is 5.12. The van der Waals surface area contributed by atoms with Crippen molar-refractivity contribution in [2.45, 2.75) is 7.59 Å². The predicted octanol–water partition coefficient (Wildman–Crippen LogP) is 3.17. The molecule has 0 radical (unpaired) electrons. The van der Waals surface area contributed by atoms with E-state index in [1.165, 1.54) is 23.5 Å². The van der Waals surface area contributed by atoms with Gasteiger partial charge in [0.05, 0.1) is 0 Å². The summed E-state index contributed by atoms with van der Waals surface area (Å²) in [5.41, 5.74) is -0.664. The highest BCUT2D eigenvalue weighted by Crippen LogP contribution is 2.26. The maximum Gasteiger partial charge on any atom is 0.422 e. The number of nitrogens with zero attached hydrogens (tertiary/aromatic N) is 1. The number of ether oxygens (including phenoxy) is 2. The average Bonchev–Trinajstić information content (AvgIpc) is 2.64. The summed E-state index contributed by atoms with van der Waals surface area (Å²) in [5.74, 6) is -4.25. The normalized spacial score (nSPS) is 11.8. The molecule has 1 aromatic rings. The molecule has 0 aromatic heterocycles. The van der Waals surface area contributed by atoms with Gasteiger partial charge in [0.2, 0.25) is 0 Å². The SMILES string of the molecule is CO/N=C(/C(=O)OC(=O)NC(=O)C(Cl)(Cl)Cl)c1cccc(OC(=O)NC(=O)C(Cl)(Cl)Cl)c1. The number of benzene rings is 1. The van der Waals surface area contributed by atoms with Crippen LogP contribution in [0, 0.1) is 0 Å². The molecule has 0 fully saturated rings. The Hall–Kier alpha value is -2.02. The van der Waals surface area contributed by atoms with Gasteiger partial charge >= 0.3 is 18.2 Å². The van der Waals surface area contributed by atoms with E-state index in [0.717, 1.165) is 13.2 Å². The lowest BCUT2D eigenvalue weighted by Crippen LogP contribution is -2.41. The Morgan fingerprint density at radius 1 is 0.875 bits per heavy atom. The lowest BCUT2D eigenvalue weighted by Gasteiger charge is -2.12. The van der Waals surface area contributed by atoms with Crippen molar-refractivity contribution < 1.29 is 38.3 Å². The van der Waals surface area contributed by atoms with Crippen molar-refractivity contribution in [1.82, 2.24) is 10.6 Å². The van der Waals surface area contributed by atoms with Crippen molar-refractivity contribution in [2.75, 3.05) is 7.11 Å². The van der Waals surface area contributed by atoms with Crippen LogP contribution in [0.4, 0.5) is 9.59 Å². The van der Waals surface area contributed by atoms with Crippen LogP contribution in [-0.4, -0.2) is 50.4 Å². The molecule has 0 saturated heterocycles. The highest BCUT2D eigenvalue weighted by atomic mass is 35.6. The van der Waals surface area contributed by atoms with Crippen LogP contribution in [0.25, 0.3) is 0 Å². The molecule has 1 rings (SSSR count). The number of alkyl carbamates (subject to hydrolysis) is 1. The zero-order chi connectivity index (χ0) is 24.7. The zero-order valence-electron chi connectivity index (χ0n) is 15.3. The average molecular weight is 572 g/mol. The van der Waals surface area contributed by atoms with Crippen molar-refractivity contribution in [3.05, 3.63) is 29.8 Å². The number of amides is 4. The standard InChI is InChI=1S/C15H9Cl6N3O8/c1-30-24-8(9(25)32-13(29)23-11(27)15(19,20)21)6-3-2-4-7(5-6)31-12(28)22-10(26)14(16,17)18/h2-5H,1H3,(H,22,26,28)(H,23,27,29)/b24-8+. The number of carbonyl (C=O) groups is 5. The number of hydrogen-bond acceptors (Lipinski definition) is 9. The Balaban J connectivity index is 2.96. The summed E-state index contributed by atoms with van der Waals surface area (Å²) in [5, 5.41) is 6.59. The van der Waals surface area contributed by atoms with E-state index >= 15 is 0 Å². The molecule has 17 heteroatoms. The molecule has 174 valence electrons. The molecular formula is C15H9Cl6N3O8. The van der Waals surface area contributed by atoms with E-state index in [4.69, 9.17) is 74.3 Å². The number of halogens is 6. The number of carbonyl (C=O) groups excluding carboxylic acids is 5. The van der Waals surface area contributed by atoms with Crippen LogP contribution in [0.15, 0.2) is 29.4 Å². The highest BCUT2D eigenvalue weighted by molar-refractivity contribution is 6.77. The summed E-state index contributed by atoms with van der Waals surface area (Å²) in [4.78, 5) is 63.1. The van der Waals surface area contributed by atoms with Gasteiger partial charge in [0.25, 0.3) is 19.4 Å². The van der Waals surface area contributed by atoms with Crippen LogP contribution >= 0.6 is 69.6 Å². The molecule has 0 aliphatic carbocycles. The minimum absolute atomic E-state index is 0.0737. The van der Waals surface area contributed by atoms with Gasteiger partial charge in [-0.25, -0.2) is 14.4 Å². The van der Waals surface area contributed by atoms with Gasteiger partial charge in [-0.15, -0.1) is 0 Å². The number of imide groups is 2. The van der Waals surface area contributed by atoms with E-state index in [9.17, 15) is 24.0 Å². The number of hydrogen-bond donors (Lipinski definition) is 2. The predicted molar refractivity (Wildman–Crippen MR) is 114 cm³/mol. The number of alkyl halides is 6. The number of oxime groups is 1. The topological polar surface area (TPSA) is 149 Å². The monoisotopic (exact) mass is 569 g/mol. The Morgan fingerprint density at radius 2 is 1.41 bits per heavy atom. The zero-order valence-corrected chi connectivity index (χ0v) is 19.8. The summed E-state index contributed by atoms with van der Waals surface area (Å²) in [7, 11) is 1.08. The molecule has 0 spiro atoms. The van der Waals surface area contributed by atoms with Crippen molar-refractivity contribution >= 4 is 105 Å². The first-order valence-corrected chi connectivity index (χ1v) is 9.87. The molecule has 1 aromatic carbocycles. The number of rotatable bonds is 4. The van der Waals surface area contributed by atoms with Crippen molar-refractivity contribution in [3.63, 3.8) is 0 Å². The van der Waals surface area contributed by atoms with Gasteiger partial charge in [0.1, 0.15) is 12.9 Å². The first kappa shape index (κ1) is 28.0. The first-order valence-electron chi connectivity index (χ1n) is 7.61. The van der Waals surface area contributed by atoms with Gasteiger partial charge in [-0.05, 0) is 12.1 Å². The number of nitrogens with one attached hydrogen (secondary N) is 2. The molecule has 0 unspecified atom stereocenters. The van der Waals surface area contributed by atoms with Crippen molar-refractivity contribution in [2.24, 2.45) is 5.16 Å². The minimum Gasteiger partial charge on any atom is -0.410 e. The fourth-order valence-corrected chi connectivity index (χ4v) is 1.91. The van der Waals surface area contributed by atoms with Gasteiger partial charge in [-0.3, -0.25) is 20.2 Å². The van der Waals surface area contributed by atoms with Crippen LogP contribution in [0.3, 0.4) is 0 Å². The third-order valence-electron chi connectivity index (χ3n) is 2.83. The smallest absolute Gasteiger partial charge is 0.410 e. The highest BCUT2D eigenvalue weighted by Gasteiger charge is 2.34. The third kappa shape index (κ3) is 9.23. The van der Waals surface area contributed by atoms with Crippen LogP contribution in [0.1, 0.15) is 5.56 Å². The Bertz CT molecular complexity index is 957. The molecule has 0 bridgehead atoms.